The highest BCUT2D eigenvalue weighted by Gasteiger charge is 2.08. The summed E-state index contributed by atoms with van der Waals surface area (Å²) in [5, 5.41) is 13.7. The minimum Gasteiger partial charge on any atom is -0.378 e. The molecule has 0 aliphatic heterocycles. The Labute approximate surface area is 152 Å². The lowest BCUT2D eigenvalue weighted by Crippen LogP contribution is -2.08. The van der Waals surface area contributed by atoms with Gasteiger partial charge < -0.3 is 4.90 Å². The number of rotatable bonds is 6. The van der Waals surface area contributed by atoms with E-state index in [0.29, 0.717) is 0 Å². The van der Waals surface area contributed by atoms with Crippen LogP contribution >= 0.6 is 11.8 Å². The quantitative estimate of drug-likeness (QED) is 0.500. The third kappa shape index (κ3) is 4.48. The molecule has 5 nitrogen and oxygen atoms in total. The molecule has 0 unspecified atom stereocenters. The van der Waals surface area contributed by atoms with Gasteiger partial charge in [-0.15, -0.1) is 10.2 Å². The van der Waals surface area contributed by atoms with Gasteiger partial charge in [0.05, 0.1) is 6.21 Å². The van der Waals surface area contributed by atoms with Gasteiger partial charge in [0.1, 0.15) is 0 Å². The van der Waals surface area contributed by atoms with Crippen molar-refractivity contribution >= 4 is 23.7 Å². The average molecular weight is 351 g/mol. The number of aryl methyl sites for hydroxylation is 1. The molecule has 128 valence electrons. The van der Waals surface area contributed by atoms with Crippen LogP contribution in [0.4, 0.5) is 5.69 Å². The number of hydrogen-bond donors (Lipinski definition) is 0. The molecule has 1 heterocycles. The highest BCUT2D eigenvalue weighted by Crippen LogP contribution is 2.21. The summed E-state index contributed by atoms with van der Waals surface area (Å²) in [4.78, 5) is 2.07. The molecule has 0 saturated carbocycles. The number of anilines is 1. The Morgan fingerprint density at radius 3 is 2.44 bits per heavy atom. The van der Waals surface area contributed by atoms with Crippen LogP contribution in [-0.2, 0) is 5.75 Å². The van der Waals surface area contributed by atoms with E-state index in [1.165, 1.54) is 5.56 Å². The first-order chi connectivity index (χ1) is 12.1. The maximum atomic E-state index is 4.56. The van der Waals surface area contributed by atoms with Crippen LogP contribution in [0.1, 0.15) is 17.0 Å². The Hall–Kier alpha value is -2.60. The lowest BCUT2D eigenvalue weighted by atomic mass is 10.2. The van der Waals surface area contributed by atoms with Crippen LogP contribution in [0.25, 0.3) is 0 Å². The van der Waals surface area contributed by atoms with E-state index >= 15 is 0 Å². The van der Waals surface area contributed by atoms with Crippen molar-refractivity contribution in [2.24, 2.45) is 5.10 Å². The average Bonchev–Trinajstić information content (AvgIpc) is 2.99. The lowest BCUT2D eigenvalue weighted by molar-refractivity contribution is 0.744. The Bertz CT molecular complexity index is 838. The van der Waals surface area contributed by atoms with Crippen molar-refractivity contribution in [1.82, 2.24) is 14.9 Å². The third-order valence-corrected chi connectivity index (χ3v) is 4.70. The first-order valence-corrected chi connectivity index (χ1v) is 9.02. The van der Waals surface area contributed by atoms with Gasteiger partial charge in [0.15, 0.2) is 5.82 Å². The van der Waals surface area contributed by atoms with Gasteiger partial charge in [-0.25, -0.2) is 0 Å². The fourth-order valence-electron chi connectivity index (χ4n) is 2.27. The van der Waals surface area contributed by atoms with Gasteiger partial charge in [-0.3, -0.25) is 0 Å². The van der Waals surface area contributed by atoms with E-state index in [2.05, 4.69) is 56.6 Å². The molecule has 0 fully saturated rings. The Morgan fingerprint density at radius 1 is 1.04 bits per heavy atom. The van der Waals surface area contributed by atoms with Crippen LogP contribution in [0.15, 0.2) is 64.9 Å². The zero-order chi connectivity index (χ0) is 17.6. The monoisotopic (exact) mass is 351 g/mol. The molecule has 0 spiro atoms. The van der Waals surface area contributed by atoms with E-state index < -0.39 is 0 Å². The molecule has 1 aromatic heterocycles. The minimum atomic E-state index is 0.775. The lowest BCUT2D eigenvalue weighted by Gasteiger charge is -2.11. The molecule has 2 aromatic carbocycles. The molecular weight excluding hydrogens is 330 g/mol. The van der Waals surface area contributed by atoms with Crippen molar-refractivity contribution in [2.75, 3.05) is 19.0 Å². The number of nitrogens with zero attached hydrogens (tertiary/aromatic N) is 5. The SMILES string of the molecule is Cc1nnc(SCc2ccccc2)n1/N=C\c1ccc(N(C)C)cc1. The van der Waals surface area contributed by atoms with Crippen LogP contribution < -0.4 is 4.90 Å². The minimum absolute atomic E-state index is 0.775. The topological polar surface area (TPSA) is 46.3 Å². The predicted molar refractivity (Wildman–Crippen MR) is 105 cm³/mol. The second-order valence-electron chi connectivity index (χ2n) is 5.85. The van der Waals surface area contributed by atoms with Crippen molar-refractivity contribution in [1.29, 1.82) is 0 Å². The smallest absolute Gasteiger partial charge is 0.212 e. The van der Waals surface area contributed by atoms with E-state index in [9.17, 15) is 0 Å². The Kier molecular flexibility index (Phi) is 5.50. The summed E-state index contributed by atoms with van der Waals surface area (Å²) in [7, 11) is 4.06. The normalized spacial score (nSPS) is 11.2. The van der Waals surface area contributed by atoms with Gasteiger partial charge in [-0.1, -0.05) is 54.2 Å². The number of aromatic nitrogens is 3. The summed E-state index contributed by atoms with van der Waals surface area (Å²) >= 11 is 1.63. The zero-order valence-corrected chi connectivity index (χ0v) is 15.4. The molecule has 0 N–H and O–H groups in total. The molecule has 0 bridgehead atoms. The number of benzene rings is 2. The molecular formula is C19H21N5S. The van der Waals surface area contributed by atoms with Crippen molar-refractivity contribution in [3.05, 3.63) is 71.5 Å². The summed E-state index contributed by atoms with van der Waals surface area (Å²) in [6.07, 6.45) is 1.84. The Morgan fingerprint density at radius 2 is 1.76 bits per heavy atom. The summed E-state index contributed by atoms with van der Waals surface area (Å²) in [6, 6.07) is 18.6. The van der Waals surface area contributed by atoms with E-state index in [1.807, 2.05) is 45.4 Å². The maximum absolute atomic E-state index is 4.56. The first-order valence-electron chi connectivity index (χ1n) is 8.04. The molecule has 6 heteroatoms. The molecule has 3 aromatic rings. The maximum Gasteiger partial charge on any atom is 0.212 e. The molecule has 0 saturated heterocycles. The van der Waals surface area contributed by atoms with Crippen molar-refractivity contribution in [3.8, 4) is 0 Å². The van der Waals surface area contributed by atoms with E-state index in [4.69, 9.17) is 0 Å². The van der Waals surface area contributed by atoms with Crippen molar-refractivity contribution in [3.63, 3.8) is 0 Å². The zero-order valence-electron chi connectivity index (χ0n) is 14.6. The Balaban J connectivity index is 1.72. The van der Waals surface area contributed by atoms with E-state index in [-0.39, 0.29) is 0 Å². The molecule has 0 atom stereocenters. The summed E-state index contributed by atoms with van der Waals surface area (Å²) < 4.78 is 1.79. The number of thioether (sulfide) groups is 1. The van der Waals surface area contributed by atoms with Crippen molar-refractivity contribution < 1.29 is 0 Å². The second kappa shape index (κ2) is 7.98. The summed E-state index contributed by atoms with van der Waals surface area (Å²) in [6.45, 7) is 1.91. The molecule has 25 heavy (non-hydrogen) atoms. The molecule has 0 aliphatic rings. The van der Waals surface area contributed by atoms with Crippen LogP contribution in [0.2, 0.25) is 0 Å². The van der Waals surface area contributed by atoms with Crippen molar-refractivity contribution in [2.45, 2.75) is 17.8 Å². The fraction of sp³-hybridized carbons (Fsp3) is 0.211. The second-order valence-corrected chi connectivity index (χ2v) is 6.79. The molecule has 0 radical (unpaired) electrons. The standard InChI is InChI=1S/C19H21N5S/c1-15-21-22-19(25-14-17-7-5-4-6-8-17)24(15)20-13-16-9-11-18(12-10-16)23(2)3/h4-13H,14H2,1-3H3/b20-13-. The molecule has 3 rings (SSSR count). The number of hydrogen-bond acceptors (Lipinski definition) is 5. The highest BCUT2D eigenvalue weighted by atomic mass is 32.2. The van der Waals surface area contributed by atoms with Crippen LogP contribution in [0.5, 0.6) is 0 Å². The fourth-order valence-corrected chi connectivity index (χ4v) is 3.15. The molecule has 0 aliphatic carbocycles. The molecule has 0 amide bonds. The predicted octanol–water partition coefficient (Wildman–Crippen LogP) is 3.83. The van der Waals surface area contributed by atoms with Crippen LogP contribution in [0.3, 0.4) is 0 Å². The van der Waals surface area contributed by atoms with E-state index in [0.717, 1.165) is 28.0 Å². The van der Waals surface area contributed by atoms with Gasteiger partial charge in [0, 0.05) is 25.5 Å². The summed E-state index contributed by atoms with van der Waals surface area (Å²) in [5.74, 6) is 1.61. The van der Waals surface area contributed by atoms with Gasteiger partial charge in [-0.05, 0) is 30.2 Å². The third-order valence-electron chi connectivity index (χ3n) is 3.71. The van der Waals surface area contributed by atoms with Gasteiger partial charge in [0.2, 0.25) is 5.16 Å². The van der Waals surface area contributed by atoms with Gasteiger partial charge in [-0.2, -0.15) is 9.78 Å². The van der Waals surface area contributed by atoms with Gasteiger partial charge >= 0.3 is 0 Å². The van der Waals surface area contributed by atoms with Crippen LogP contribution in [-0.4, -0.2) is 35.2 Å². The highest BCUT2D eigenvalue weighted by molar-refractivity contribution is 7.98. The van der Waals surface area contributed by atoms with E-state index in [1.54, 1.807) is 16.4 Å². The summed E-state index contributed by atoms with van der Waals surface area (Å²) in [5.41, 5.74) is 3.46. The van der Waals surface area contributed by atoms with Gasteiger partial charge in [0.25, 0.3) is 0 Å². The largest absolute Gasteiger partial charge is 0.378 e. The van der Waals surface area contributed by atoms with Crippen LogP contribution in [0, 0.1) is 6.92 Å². The first kappa shape index (κ1) is 17.2.